The summed E-state index contributed by atoms with van der Waals surface area (Å²) in [7, 11) is 2.00. The van der Waals surface area contributed by atoms with E-state index in [0.717, 1.165) is 33.5 Å². The van der Waals surface area contributed by atoms with Crippen molar-refractivity contribution in [3.8, 4) is 16.9 Å². The number of pyridine rings is 2. The Bertz CT molecular complexity index is 952. The van der Waals surface area contributed by atoms with Crippen molar-refractivity contribution in [3.05, 3.63) is 55.0 Å². The zero-order valence-corrected chi connectivity index (χ0v) is 12.3. The van der Waals surface area contributed by atoms with E-state index >= 15 is 0 Å². The minimum Gasteiger partial charge on any atom is -0.336 e. The number of rotatable bonds is 2. The first kappa shape index (κ1) is 12.7. The molecule has 4 heterocycles. The van der Waals surface area contributed by atoms with Crippen molar-refractivity contribution in [3.63, 3.8) is 0 Å². The second kappa shape index (κ2) is 4.77. The molecule has 4 aromatic heterocycles. The van der Waals surface area contributed by atoms with Crippen LogP contribution in [0.25, 0.3) is 28.0 Å². The van der Waals surface area contributed by atoms with E-state index < -0.39 is 0 Å². The molecule has 0 aliphatic heterocycles. The lowest BCUT2D eigenvalue weighted by Gasteiger charge is -2.09. The maximum atomic E-state index is 4.53. The predicted molar refractivity (Wildman–Crippen MR) is 83.6 cm³/mol. The molecular weight excluding hydrogens is 276 g/mol. The highest BCUT2D eigenvalue weighted by molar-refractivity contribution is 5.93. The quantitative estimate of drug-likeness (QED) is 0.569. The average molecular weight is 290 g/mol. The van der Waals surface area contributed by atoms with E-state index in [0.29, 0.717) is 0 Å². The van der Waals surface area contributed by atoms with Crippen LogP contribution in [0.3, 0.4) is 0 Å². The van der Waals surface area contributed by atoms with Gasteiger partial charge in [0.25, 0.3) is 0 Å². The fourth-order valence-corrected chi connectivity index (χ4v) is 2.68. The van der Waals surface area contributed by atoms with Crippen molar-refractivity contribution in [2.24, 2.45) is 7.05 Å². The van der Waals surface area contributed by atoms with Crippen LogP contribution in [-0.2, 0) is 7.05 Å². The number of aryl methyl sites for hydroxylation is 2. The Hall–Kier alpha value is -3.02. The maximum Gasteiger partial charge on any atom is 0.140 e. The van der Waals surface area contributed by atoms with Crippen LogP contribution in [0.5, 0.6) is 0 Å². The first-order valence-electron chi connectivity index (χ1n) is 6.96. The van der Waals surface area contributed by atoms with E-state index in [9.17, 15) is 0 Å². The standard InChI is InChI=1S/C16H14N6/c1-11-7-15(22-9-19-20-10-22)18-8-14(11)12-3-5-17-16-13(12)4-6-21(16)2/h3-10H,1-2H3. The molecule has 22 heavy (non-hydrogen) atoms. The molecule has 0 aliphatic carbocycles. The van der Waals surface area contributed by atoms with Crippen LogP contribution in [-0.4, -0.2) is 29.3 Å². The fraction of sp³-hybridized carbons (Fsp3) is 0.125. The molecule has 0 aromatic carbocycles. The Labute approximate surface area is 127 Å². The van der Waals surface area contributed by atoms with E-state index in [1.54, 1.807) is 17.2 Å². The zero-order chi connectivity index (χ0) is 15.1. The van der Waals surface area contributed by atoms with Gasteiger partial charge in [-0.1, -0.05) is 0 Å². The zero-order valence-electron chi connectivity index (χ0n) is 12.3. The molecule has 0 bridgehead atoms. The SMILES string of the molecule is Cc1cc(-n2cnnc2)ncc1-c1ccnc2c1ccn2C. The second-order valence-corrected chi connectivity index (χ2v) is 5.25. The van der Waals surface area contributed by atoms with Gasteiger partial charge in [-0.3, -0.25) is 4.57 Å². The lowest BCUT2D eigenvalue weighted by Crippen LogP contribution is -1.97. The number of hydrogen-bond donors (Lipinski definition) is 0. The number of hydrogen-bond acceptors (Lipinski definition) is 4. The van der Waals surface area contributed by atoms with Gasteiger partial charge < -0.3 is 4.57 Å². The van der Waals surface area contributed by atoms with Crippen molar-refractivity contribution < 1.29 is 0 Å². The Morgan fingerprint density at radius 2 is 1.82 bits per heavy atom. The lowest BCUT2D eigenvalue weighted by atomic mass is 10.0. The van der Waals surface area contributed by atoms with Crippen molar-refractivity contribution >= 4 is 11.0 Å². The molecule has 0 unspecified atom stereocenters. The van der Waals surface area contributed by atoms with Crippen molar-refractivity contribution in [1.29, 1.82) is 0 Å². The van der Waals surface area contributed by atoms with Gasteiger partial charge in [0.2, 0.25) is 0 Å². The van der Waals surface area contributed by atoms with Gasteiger partial charge in [0.1, 0.15) is 24.1 Å². The van der Waals surface area contributed by atoms with Gasteiger partial charge in [-0.05, 0) is 36.2 Å². The molecule has 0 N–H and O–H groups in total. The number of aromatic nitrogens is 6. The van der Waals surface area contributed by atoms with Gasteiger partial charge >= 0.3 is 0 Å². The van der Waals surface area contributed by atoms with Crippen LogP contribution in [0, 0.1) is 6.92 Å². The molecule has 0 amide bonds. The summed E-state index contributed by atoms with van der Waals surface area (Å²) in [5, 5.41) is 8.76. The minimum atomic E-state index is 0.810. The summed E-state index contributed by atoms with van der Waals surface area (Å²) >= 11 is 0. The van der Waals surface area contributed by atoms with Gasteiger partial charge in [0.15, 0.2) is 0 Å². The van der Waals surface area contributed by atoms with Crippen LogP contribution < -0.4 is 0 Å². The molecule has 0 aliphatic rings. The van der Waals surface area contributed by atoms with Crippen molar-refractivity contribution in [1.82, 2.24) is 29.3 Å². The van der Waals surface area contributed by atoms with E-state index in [1.807, 2.05) is 42.3 Å². The van der Waals surface area contributed by atoms with E-state index in [2.05, 4.69) is 33.2 Å². The summed E-state index contributed by atoms with van der Waals surface area (Å²) in [6.07, 6.45) is 9.04. The Morgan fingerprint density at radius 3 is 2.59 bits per heavy atom. The summed E-state index contributed by atoms with van der Waals surface area (Å²) in [6, 6.07) is 6.16. The van der Waals surface area contributed by atoms with Gasteiger partial charge in [0.05, 0.1) is 0 Å². The molecule has 0 spiro atoms. The number of nitrogens with zero attached hydrogens (tertiary/aromatic N) is 6. The smallest absolute Gasteiger partial charge is 0.140 e. The van der Waals surface area contributed by atoms with Crippen LogP contribution in [0.2, 0.25) is 0 Å². The van der Waals surface area contributed by atoms with Crippen molar-refractivity contribution in [2.75, 3.05) is 0 Å². The topological polar surface area (TPSA) is 61.4 Å². The molecule has 108 valence electrons. The molecule has 0 radical (unpaired) electrons. The summed E-state index contributed by atoms with van der Waals surface area (Å²) in [5.41, 5.74) is 4.37. The van der Waals surface area contributed by atoms with Gasteiger partial charge in [-0.15, -0.1) is 10.2 Å². The first-order chi connectivity index (χ1) is 10.7. The normalized spacial score (nSPS) is 11.2. The second-order valence-electron chi connectivity index (χ2n) is 5.25. The molecule has 0 saturated heterocycles. The maximum absolute atomic E-state index is 4.53. The van der Waals surface area contributed by atoms with Gasteiger partial charge in [-0.25, -0.2) is 9.97 Å². The van der Waals surface area contributed by atoms with Gasteiger partial charge in [0, 0.05) is 36.6 Å². The third kappa shape index (κ3) is 1.88. The summed E-state index contributed by atoms with van der Waals surface area (Å²) < 4.78 is 3.81. The van der Waals surface area contributed by atoms with Crippen LogP contribution >= 0.6 is 0 Å². The van der Waals surface area contributed by atoms with Crippen LogP contribution in [0.15, 0.2) is 49.4 Å². The third-order valence-electron chi connectivity index (χ3n) is 3.84. The molecule has 4 rings (SSSR count). The van der Waals surface area contributed by atoms with E-state index in [1.165, 1.54) is 0 Å². The molecule has 4 aromatic rings. The van der Waals surface area contributed by atoms with E-state index in [-0.39, 0.29) is 0 Å². The highest BCUT2D eigenvalue weighted by Crippen LogP contribution is 2.30. The van der Waals surface area contributed by atoms with Gasteiger partial charge in [-0.2, -0.15) is 0 Å². The molecule has 6 heteroatoms. The Balaban J connectivity index is 1.88. The van der Waals surface area contributed by atoms with E-state index in [4.69, 9.17) is 0 Å². The lowest BCUT2D eigenvalue weighted by molar-refractivity contribution is 0.948. The molecule has 0 fully saturated rings. The minimum absolute atomic E-state index is 0.810. The number of fused-ring (bicyclic) bond motifs is 1. The Kier molecular flexibility index (Phi) is 2.75. The van der Waals surface area contributed by atoms with Crippen LogP contribution in [0.1, 0.15) is 5.56 Å². The highest BCUT2D eigenvalue weighted by Gasteiger charge is 2.11. The molecule has 0 atom stereocenters. The largest absolute Gasteiger partial charge is 0.336 e. The molecule has 6 nitrogen and oxygen atoms in total. The highest BCUT2D eigenvalue weighted by atomic mass is 15.2. The van der Waals surface area contributed by atoms with Crippen molar-refractivity contribution in [2.45, 2.75) is 6.92 Å². The Morgan fingerprint density at radius 1 is 1.00 bits per heavy atom. The molecular formula is C16H14N6. The summed E-state index contributed by atoms with van der Waals surface area (Å²) in [4.78, 5) is 8.96. The van der Waals surface area contributed by atoms with Crippen LogP contribution in [0.4, 0.5) is 0 Å². The third-order valence-corrected chi connectivity index (χ3v) is 3.84. The predicted octanol–water partition coefficient (Wildman–Crippen LogP) is 2.52. The summed E-state index contributed by atoms with van der Waals surface area (Å²) in [5.74, 6) is 0.810. The fourth-order valence-electron chi connectivity index (χ4n) is 2.68. The monoisotopic (exact) mass is 290 g/mol. The summed E-state index contributed by atoms with van der Waals surface area (Å²) in [6.45, 7) is 2.08. The first-order valence-corrected chi connectivity index (χ1v) is 6.96. The average Bonchev–Trinajstić information content (AvgIpc) is 3.18. The molecule has 0 saturated carbocycles.